The van der Waals surface area contributed by atoms with Gasteiger partial charge in [0.2, 0.25) is 0 Å². The number of guanidine groups is 1. The number of hydrogen-bond donors (Lipinski definition) is 2. The molecule has 0 saturated heterocycles. The Morgan fingerprint density at radius 2 is 2.00 bits per heavy atom. The Balaban J connectivity index is 0.00000576. The minimum atomic E-state index is -4.31. The maximum absolute atomic E-state index is 12.8. The van der Waals surface area contributed by atoms with Gasteiger partial charge in [-0.05, 0) is 30.9 Å². The highest BCUT2D eigenvalue weighted by Crippen LogP contribution is 2.31. The number of halogens is 4. The molecule has 1 aromatic rings. The number of aliphatic imine (C=N–C) groups is 1. The third-order valence-electron chi connectivity index (χ3n) is 3.56. The van der Waals surface area contributed by atoms with E-state index in [2.05, 4.69) is 15.6 Å². The molecule has 25 heavy (non-hydrogen) atoms. The first-order valence-electron chi connectivity index (χ1n) is 8.06. The zero-order valence-corrected chi connectivity index (χ0v) is 17.2. The van der Waals surface area contributed by atoms with Gasteiger partial charge in [-0.1, -0.05) is 25.1 Å². The molecule has 0 aromatic heterocycles. The molecule has 0 bridgehead atoms. The Morgan fingerprint density at radius 3 is 2.60 bits per heavy atom. The van der Waals surface area contributed by atoms with Crippen LogP contribution in [0.2, 0.25) is 0 Å². The highest BCUT2D eigenvalue weighted by Gasteiger charge is 2.30. The summed E-state index contributed by atoms with van der Waals surface area (Å²) in [5, 5.41) is 6.25. The molecule has 0 spiro atoms. The van der Waals surface area contributed by atoms with Crippen LogP contribution in [-0.2, 0) is 10.9 Å². The lowest BCUT2D eigenvalue weighted by Gasteiger charge is -2.14. The molecular weight excluding hydrogens is 446 g/mol. The average molecular weight is 473 g/mol. The van der Waals surface area contributed by atoms with E-state index in [0.717, 1.165) is 12.6 Å². The molecule has 0 fully saturated rings. The quantitative estimate of drug-likeness (QED) is 0.260. The van der Waals surface area contributed by atoms with Crippen LogP contribution in [0.3, 0.4) is 0 Å². The molecule has 1 atom stereocenters. The molecule has 144 valence electrons. The van der Waals surface area contributed by atoms with Crippen molar-refractivity contribution in [2.75, 3.05) is 33.4 Å². The Hall–Kier alpha value is -1.03. The second kappa shape index (κ2) is 12.3. The molecule has 1 unspecified atom stereocenters. The fraction of sp³-hybridized carbons (Fsp3) is 0.588. The van der Waals surface area contributed by atoms with Crippen LogP contribution in [0.15, 0.2) is 29.3 Å². The van der Waals surface area contributed by atoms with E-state index < -0.39 is 11.7 Å². The molecule has 0 aliphatic heterocycles. The first-order valence-corrected chi connectivity index (χ1v) is 8.06. The Bertz CT molecular complexity index is 524. The van der Waals surface area contributed by atoms with Crippen LogP contribution in [0.25, 0.3) is 0 Å². The summed E-state index contributed by atoms with van der Waals surface area (Å²) < 4.78 is 43.3. The Kier molecular flexibility index (Phi) is 11.8. The van der Waals surface area contributed by atoms with Gasteiger partial charge in [-0.25, -0.2) is 0 Å². The van der Waals surface area contributed by atoms with E-state index in [1.54, 1.807) is 13.2 Å². The summed E-state index contributed by atoms with van der Waals surface area (Å²) >= 11 is 0. The van der Waals surface area contributed by atoms with Crippen LogP contribution >= 0.6 is 24.0 Å². The molecular formula is C17H27F3IN3O. The van der Waals surface area contributed by atoms with Crippen molar-refractivity contribution < 1.29 is 17.9 Å². The summed E-state index contributed by atoms with van der Waals surface area (Å²) in [6.07, 6.45) is -3.64. The fourth-order valence-electron chi connectivity index (χ4n) is 2.17. The number of ether oxygens (including phenoxy) is 1. The zero-order chi connectivity index (χ0) is 18.0. The number of benzene rings is 1. The molecule has 8 heteroatoms. The smallest absolute Gasteiger partial charge is 0.383 e. The van der Waals surface area contributed by atoms with Gasteiger partial charge in [0.1, 0.15) is 0 Å². The number of nitrogens with one attached hydrogen (secondary N) is 2. The maximum atomic E-state index is 12.8. The van der Waals surface area contributed by atoms with Gasteiger partial charge in [-0.15, -0.1) is 24.0 Å². The van der Waals surface area contributed by atoms with Crippen molar-refractivity contribution in [3.63, 3.8) is 0 Å². The van der Waals surface area contributed by atoms with Crippen LogP contribution < -0.4 is 10.6 Å². The highest BCUT2D eigenvalue weighted by molar-refractivity contribution is 14.0. The molecule has 0 amide bonds. The monoisotopic (exact) mass is 473 g/mol. The molecule has 0 saturated carbocycles. The van der Waals surface area contributed by atoms with Crippen molar-refractivity contribution >= 4 is 29.9 Å². The predicted octanol–water partition coefficient (Wildman–Crippen LogP) is 4.02. The summed E-state index contributed by atoms with van der Waals surface area (Å²) in [5.41, 5.74) is 0.0716. The Morgan fingerprint density at radius 1 is 1.28 bits per heavy atom. The molecule has 0 radical (unpaired) electrons. The lowest BCUT2D eigenvalue weighted by molar-refractivity contribution is -0.137. The van der Waals surface area contributed by atoms with E-state index >= 15 is 0 Å². The maximum Gasteiger partial charge on any atom is 0.416 e. The number of alkyl halides is 3. The Labute approximate surface area is 164 Å². The van der Waals surface area contributed by atoms with Crippen molar-refractivity contribution in [1.82, 2.24) is 10.6 Å². The lowest BCUT2D eigenvalue weighted by atomic mass is 9.96. The second-order valence-electron chi connectivity index (χ2n) is 5.49. The van der Waals surface area contributed by atoms with Gasteiger partial charge in [0.05, 0.1) is 12.2 Å². The van der Waals surface area contributed by atoms with Gasteiger partial charge >= 0.3 is 6.18 Å². The van der Waals surface area contributed by atoms with Crippen LogP contribution in [-0.4, -0.2) is 39.3 Å². The van der Waals surface area contributed by atoms with Crippen molar-refractivity contribution in [1.29, 1.82) is 0 Å². The van der Waals surface area contributed by atoms with E-state index in [1.807, 2.05) is 13.8 Å². The number of rotatable bonds is 8. The molecule has 0 heterocycles. The van der Waals surface area contributed by atoms with Crippen LogP contribution in [0, 0.1) is 0 Å². The van der Waals surface area contributed by atoms with Gasteiger partial charge in [0.25, 0.3) is 0 Å². The third kappa shape index (κ3) is 9.29. The summed E-state index contributed by atoms with van der Waals surface area (Å²) in [5.74, 6) is 0.684. The van der Waals surface area contributed by atoms with E-state index in [9.17, 15) is 13.2 Å². The fourth-order valence-corrected chi connectivity index (χ4v) is 2.17. The molecule has 0 aliphatic rings. The van der Waals surface area contributed by atoms with E-state index in [1.165, 1.54) is 12.1 Å². The minimum Gasteiger partial charge on any atom is -0.383 e. The zero-order valence-electron chi connectivity index (χ0n) is 14.8. The molecule has 0 aliphatic carbocycles. The number of nitrogens with zero attached hydrogens (tertiary/aromatic N) is 1. The summed E-state index contributed by atoms with van der Waals surface area (Å²) in [4.78, 5) is 4.44. The normalized spacial score (nSPS) is 13.1. The van der Waals surface area contributed by atoms with Crippen molar-refractivity contribution in [2.45, 2.75) is 32.4 Å². The number of hydrogen-bond acceptors (Lipinski definition) is 2. The van der Waals surface area contributed by atoms with Gasteiger partial charge < -0.3 is 15.4 Å². The van der Waals surface area contributed by atoms with E-state index in [0.29, 0.717) is 37.6 Å². The third-order valence-corrected chi connectivity index (χ3v) is 3.56. The van der Waals surface area contributed by atoms with Crippen LogP contribution in [0.4, 0.5) is 13.2 Å². The topological polar surface area (TPSA) is 45.7 Å². The standard InChI is InChI=1S/C17H26F3N3O.HI/c1-4-21-16(23-10-11-24-3)22-9-8-13(2)14-6-5-7-15(12-14)17(18,19)20;/h5-7,12-13H,4,8-11H2,1-3H3,(H2,21,22,23);1H. The van der Waals surface area contributed by atoms with Crippen molar-refractivity contribution in [3.8, 4) is 0 Å². The molecule has 1 aromatic carbocycles. The average Bonchev–Trinajstić information content (AvgIpc) is 2.54. The highest BCUT2D eigenvalue weighted by atomic mass is 127. The van der Waals surface area contributed by atoms with E-state index in [4.69, 9.17) is 4.74 Å². The largest absolute Gasteiger partial charge is 0.416 e. The van der Waals surface area contributed by atoms with Gasteiger partial charge in [-0.3, -0.25) is 4.99 Å². The van der Waals surface area contributed by atoms with Gasteiger partial charge in [0, 0.05) is 26.7 Å². The van der Waals surface area contributed by atoms with Crippen molar-refractivity contribution in [3.05, 3.63) is 35.4 Å². The van der Waals surface area contributed by atoms with Crippen LogP contribution in [0.5, 0.6) is 0 Å². The summed E-state index contributed by atoms with van der Waals surface area (Å²) in [7, 11) is 1.63. The van der Waals surface area contributed by atoms with Crippen molar-refractivity contribution in [2.24, 2.45) is 4.99 Å². The van der Waals surface area contributed by atoms with Gasteiger partial charge in [-0.2, -0.15) is 13.2 Å². The van der Waals surface area contributed by atoms with E-state index in [-0.39, 0.29) is 29.9 Å². The summed E-state index contributed by atoms with van der Waals surface area (Å²) in [6.45, 7) is 6.37. The minimum absolute atomic E-state index is 0. The lowest BCUT2D eigenvalue weighted by Crippen LogP contribution is -2.39. The second-order valence-corrected chi connectivity index (χ2v) is 5.49. The molecule has 4 nitrogen and oxygen atoms in total. The SMILES string of the molecule is CCNC(=NCCC(C)c1cccc(C(F)(F)F)c1)NCCOC.I. The first kappa shape index (κ1) is 24.0. The number of methoxy groups -OCH3 is 1. The summed E-state index contributed by atoms with van der Waals surface area (Å²) in [6, 6.07) is 5.49. The first-order chi connectivity index (χ1) is 11.4. The molecule has 1 rings (SSSR count). The van der Waals surface area contributed by atoms with Gasteiger partial charge in [0.15, 0.2) is 5.96 Å². The van der Waals surface area contributed by atoms with Crippen LogP contribution in [0.1, 0.15) is 37.3 Å². The predicted molar refractivity (Wildman–Crippen MR) is 106 cm³/mol. The molecule has 2 N–H and O–H groups in total.